The highest BCUT2D eigenvalue weighted by atomic mass is 79.9. The molecule has 1 aliphatic heterocycles. The van der Waals surface area contributed by atoms with Crippen molar-refractivity contribution in [2.24, 2.45) is 0 Å². The Morgan fingerprint density at radius 2 is 2.19 bits per heavy atom. The van der Waals surface area contributed by atoms with E-state index in [0.717, 1.165) is 29.7 Å². The lowest BCUT2D eigenvalue weighted by Crippen LogP contribution is -2.57. The highest BCUT2D eigenvalue weighted by Gasteiger charge is 2.27. The third-order valence-electron chi connectivity index (χ3n) is 3.98. The van der Waals surface area contributed by atoms with Crippen LogP contribution in [0.3, 0.4) is 0 Å². The molecule has 1 aromatic carbocycles. The van der Waals surface area contributed by atoms with Crippen LogP contribution in [0.1, 0.15) is 26.7 Å². The predicted molar refractivity (Wildman–Crippen MR) is 87.5 cm³/mol. The topological polar surface area (TPSA) is 41.6 Å². The van der Waals surface area contributed by atoms with Gasteiger partial charge in [-0.25, -0.2) is 0 Å². The molecule has 0 bridgehead atoms. The van der Waals surface area contributed by atoms with Crippen molar-refractivity contribution in [1.82, 2.24) is 10.2 Å². The van der Waals surface area contributed by atoms with E-state index < -0.39 is 0 Å². The SMILES string of the molecule is CC1NCCN(C(=O)CCCOc2ccccc2Br)C1C. The van der Waals surface area contributed by atoms with Gasteiger partial charge in [0, 0.05) is 31.6 Å². The molecule has 1 amide bonds. The minimum absolute atomic E-state index is 0.228. The second-order valence-electron chi connectivity index (χ2n) is 5.45. The molecule has 1 fully saturated rings. The minimum Gasteiger partial charge on any atom is -0.492 e. The summed E-state index contributed by atoms with van der Waals surface area (Å²) < 4.78 is 6.64. The summed E-state index contributed by atoms with van der Waals surface area (Å²) >= 11 is 3.45. The smallest absolute Gasteiger partial charge is 0.223 e. The Bertz CT molecular complexity index is 481. The number of carbonyl (C=O) groups is 1. The quantitative estimate of drug-likeness (QED) is 0.826. The standard InChI is InChI=1S/C16H23BrN2O2/c1-12-13(2)19(10-9-18-12)16(20)8-5-11-21-15-7-4-3-6-14(15)17/h3-4,6-7,12-13,18H,5,8-11H2,1-2H3. The molecule has 2 unspecified atom stereocenters. The van der Waals surface area contributed by atoms with Crippen LogP contribution in [0.25, 0.3) is 0 Å². The van der Waals surface area contributed by atoms with Crippen molar-refractivity contribution in [3.05, 3.63) is 28.7 Å². The van der Waals surface area contributed by atoms with Crippen LogP contribution in [-0.2, 0) is 4.79 Å². The maximum Gasteiger partial charge on any atom is 0.223 e. The summed E-state index contributed by atoms with van der Waals surface area (Å²) in [6, 6.07) is 8.38. The zero-order chi connectivity index (χ0) is 15.2. The number of piperazine rings is 1. The molecule has 0 spiro atoms. The average molecular weight is 355 g/mol. The number of para-hydroxylation sites is 1. The highest BCUT2D eigenvalue weighted by Crippen LogP contribution is 2.24. The minimum atomic E-state index is 0.228. The number of carbonyl (C=O) groups excluding carboxylic acids is 1. The molecular formula is C16H23BrN2O2. The lowest BCUT2D eigenvalue weighted by Gasteiger charge is -2.38. The van der Waals surface area contributed by atoms with E-state index in [1.807, 2.05) is 29.2 Å². The van der Waals surface area contributed by atoms with Crippen LogP contribution >= 0.6 is 15.9 Å². The summed E-state index contributed by atoms with van der Waals surface area (Å²) in [5, 5.41) is 3.39. The van der Waals surface area contributed by atoms with Crippen LogP contribution in [0.4, 0.5) is 0 Å². The first-order valence-electron chi connectivity index (χ1n) is 7.50. The summed E-state index contributed by atoms with van der Waals surface area (Å²) in [7, 11) is 0. The first-order chi connectivity index (χ1) is 10.1. The van der Waals surface area contributed by atoms with E-state index in [1.165, 1.54) is 0 Å². The summed E-state index contributed by atoms with van der Waals surface area (Å²) in [5.41, 5.74) is 0. The monoisotopic (exact) mass is 354 g/mol. The van der Waals surface area contributed by atoms with Crippen LogP contribution in [0.15, 0.2) is 28.7 Å². The van der Waals surface area contributed by atoms with Crippen molar-refractivity contribution >= 4 is 21.8 Å². The van der Waals surface area contributed by atoms with Gasteiger partial charge in [-0.1, -0.05) is 12.1 Å². The van der Waals surface area contributed by atoms with E-state index in [1.54, 1.807) is 0 Å². The summed E-state index contributed by atoms with van der Waals surface area (Å²) in [4.78, 5) is 14.3. The number of benzene rings is 1. The molecule has 1 saturated heterocycles. The fraction of sp³-hybridized carbons (Fsp3) is 0.562. The van der Waals surface area contributed by atoms with Gasteiger partial charge >= 0.3 is 0 Å². The number of hydrogen-bond acceptors (Lipinski definition) is 3. The molecule has 1 N–H and O–H groups in total. The number of halogens is 1. The van der Waals surface area contributed by atoms with Gasteiger partial charge in [-0.05, 0) is 48.3 Å². The summed E-state index contributed by atoms with van der Waals surface area (Å²) in [6.07, 6.45) is 1.28. The zero-order valence-corrected chi connectivity index (χ0v) is 14.2. The van der Waals surface area contributed by atoms with Crippen LogP contribution in [-0.4, -0.2) is 42.6 Å². The van der Waals surface area contributed by atoms with Gasteiger partial charge in [-0.2, -0.15) is 0 Å². The van der Waals surface area contributed by atoms with Gasteiger partial charge in [0.15, 0.2) is 0 Å². The van der Waals surface area contributed by atoms with E-state index in [4.69, 9.17) is 4.74 Å². The van der Waals surface area contributed by atoms with Gasteiger partial charge in [0.25, 0.3) is 0 Å². The molecule has 0 aromatic heterocycles. The van der Waals surface area contributed by atoms with Crippen molar-refractivity contribution in [3.63, 3.8) is 0 Å². The molecule has 5 heteroatoms. The van der Waals surface area contributed by atoms with Crippen LogP contribution in [0.2, 0.25) is 0 Å². The molecular weight excluding hydrogens is 332 g/mol. The van der Waals surface area contributed by atoms with Gasteiger partial charge in [0.2, 0.25) is 5.91 Å². The number of nitrogens with one attached hydrogen (secondary N) is 1. The molecule has 2 rings (SSSR count). The van der Waals surface area contributed by atoms with Crippen molar-refractivity contribution in [2.45, 2.75) is 38.8 Å². The van der Waals surface area contributed by atoms with E-state index in [9.17, 15) is 4.79 Å². The van der Waals surface area contributed by atoms with E-state index in [-0.39, 0.29) is 11.9 Å². The molecule has 4 nitrogen and oxygen atoms in total. The lowest BCUT2D eigenvalue weighted by molar-refractivity contribution is -0.135. The van der Waals surface area contributed by atoms with Crippen molar-refractivity contribution in [1.29, 1.82) is 0 Å². The van der Waals surface area contributed by atoms with Crippen LogP contribution in [0, 0.1) is 0 Å². The number of nitrogens with zero attached hydrogens (tertiary/aromatic N) is 1. The van der Waals surface area contributed by atoms with Gasteiger partial charge in [0.1, 0.15) is 5.75 Å². The molecule has 0 saturated carbocycles. The van der Waals surface area contributed by atoms with Gasteiger partial charge in [0.05, 0.1) is 11.1 Å². The van der Waals surface area contributed by atoms with Crippen molar-refractivity contribution < 1.29 is 9.53 Å². The fourth-order valence-corrected chi connectivity index (χ4v) is 2.92. The van der Waals surface area contributed by atoms with Gasteiger partial charge < -0.3 is 15.0 Å². The Kier molecular flexibility index (Phi) is 6.06. The molecule has 0 radical (unpaired) electrons. The Balaban J connectivity index is 1.73. The van der Waals surface area contributed by atoms with Crippen molar-refractivity contribution in [2.75, 3.05) is 19.7 Å². The van der Waals surface area contributed by atoms with Crippen LogP contribution < -0.4 is 10.1 Å². The lowest BCUT2D eigenvalue weighted by atomic mass is 10.1. The van der Waals surface area contributed by atoms with E-state index in [2.05, 4.69) is 35.1 Å². The van der Waals surface area contributed by atoms with Gasteiger partial charge in [-0.15, -0.1) is 0 Å². The second-order valence-corrected chi connectivity index (χ2v) is 6.31. The third kappa shape index (κ3) is 4.45. The molecule has 1 heterocycles. The second kappa shape index (κ2) is 7.80. The number of ether oxygens (including phenoxy) is 1. The first-order valence-corrected chi connectivity index (χ1v) is 8.29. The number of rotatable bonds is 5. The van der Waals surface area contributed by atoms with Crippen LogP contribution in [0.5, 0.6) is 5.75 Å². The third-order valence-corrected chi connectivity index (χ3v) is 4.64. The zero-order valence-electron chi connectivity index (χ0n) is 12.6. The highest BCUT2D eigenvalue weighted by molar-refractivity contribution is 9.10. The molecule has 0 aliphatic carbocycles. The first kappa shape index (κ1) is 16.3. The Morgan fingerprint density at radius 3 is 2.95 bits per heavy atom. The maximum atomic E-state index is 12.3. The Morgan fingerprint density at radius 1 is 1.43 bits per heavy atom. The largest absolute Gasteiger partial charge is 0.492 e. The Hall–Kier alpha value is -1.07. The Labute approximate surface area is 135 Å². The molecule has 21 heavy (non-hydrogen) atoms. The summed E-state index contributed by atoms with van der Waals surface area (Å²) in [6.45, 7) is 6.47. The molecule has 1 aliphatic rings. The average Bonchev–Trinajstić information content (AvgIpc) is 2.48. The number of hydrogen-bond donors (Lipinski definition) is 1. The molecule has 2 atom stereocenters. The fourth-order valence-electron chi connectivity index (χ4n) is 2.52. The normalized spacial score (nSPS) is 22.1. The summed E-state index contributed by atoms with van der Waals surface area (Å²) in [5.74, 6) is 1.06. The number of amides is 1. The van der Waals surface area contributed by atoms with Crippen molar-refractivity contribution in [3.8, 4) is 5.75 Å². The molecule has 116 valence electrons. The molecule has 1 aromatic rings. The van der Waals surface area contributed by atoms with Gasteiger partial charge in [-0.3, -0.25) is 4.79 Å². The van der Waals surface area contributed by atoms with E-state index in [0.29, 0.717) is 19.1 Å². The predicted octanol–water partition coefficient (Wildman–Crippen LogP) is 2.82. The maximum absolute atomic E-state index is 12.3. The van der Waals surface area contributed by atoms with E-state index >= 15 is 0 Å².